The first-order chi connectivity index (χ1) is 11.2. The lowest BCUT2D eigenvalue weighted by molar-refractivity contribution is -0.136. The molecule has 1 fully saturated rings. The van der Waals surface area contributed by atoms with Crippen LogP contribution in [0.2, 0.25) is 0 Å². The minimum Gasteiger partial charge on any atom is -0.345 e. The maximum Gasteiger partial charge on any atom is 0.313 e. The summed E-state index contributed by atoms with van der Waals surface area (Å²) in [6.07, 6.45) is 4.11. The summed E-state index contributed by atoms with van der Waals surface area (Å²) >= 11 is 0. The molecule has 2 amide bonds. The molecule has 2 N–H and O–H groups in total. The number of aryl methyl sites for hydroxylation is 2. The van der Waals surface area contributed by atoms with Crippen molar-refractivity contribution in [3.63, 3.8) is 0 Å². The summed E-state index contributed by atoms with van der Waals surface area (Å²) in [5.41, 5.74) is 3.02. The molecular weight excluding hydrogens is 300 g/mol. The van der Waals surface area contributed by atoms with E-state index in [9.17, 15) is 9.59 Å². The van der Waals surface area contributed by atoms with Crippen LogP contribution in [0.3, 0.4) is 0 Å². The zero-order chi connectivity index (χ0) is 17.9. The number of hydrogen-bond acceptors (Lipinski definition) is 2. The van der Waals surface area contributed by atoms with Crippen molar-refractivity contribution in [2.45, 2.75) is 66.3 Å². The minimum atomic E-state index is -0.582. The third kappa shape index (κ3) is 4.83. The standard InChI is InChI=1S/C20H30N2O2/c1-13-6-7-14(2)17(12-13)22-19(24)18(23)21-16-10-8-15(9-11-16)20(3,4)5/h6-7,12,15-16H,8-11H2,1-5H3,(H,21,23)(H,22,24). The number of rotatable bonds is 2. The predicted molar refractivity (Wildman–Crippen MR) is 97.9 cm³/mol. The SMILES string of the molecule is Cc1ccc(C)c(NC(=O)C(=O)NC2CCC(C(C)(C)C)CC2)c1. The van der Waals surface area contributed by atoms with Gasteiger partial charge < -0.3 is 10.6 Å². The van der Waals surface area contributed by atoms with Crippen LogP contribution in [0.1, 0.15) is 57.6 Å². The summed E-state index contributed by atoms with van der Waals surface area (Å²) in [4.78, 5) is 24.3. The number of hydrogen-bond donors (Lipinski definition) is 2. The highest BCUT2D eigenvalue weighted by atomic mass is 16.2. The largest absolute Gasteiger partial charge is 0.345 e. The Morgan fingerprint density at radius 2 is 1.62 bits per heavy atom. The van der Waals surface area contributed by atoms with Crippen molar-refractivity contribution in [2.75, 3.05) is 5.32 Å². The fraction of sp³-hybridized carbons (Fsp3) is 0.600. The first kappa shape index (κ1) is 18.5. The maximum absolute atomic E-state index is 12.2. The van der Waals surface area contributed by atoms with E-state index >= 15 is 0 Å². The van der Waals surface area contributed by atoms with Crippen LogP contribution in [-0.4, -0.2) is 17.9 Å². The lowest BCUT2D eigenvalue weighted by atomic mass is 9.71. The summed E-state index contributed by atoms with van der Waals surface area (Å²) in [7, 11) is 0. The van der Waals surface area contributed by atoms with Crippen LogP contribution in [0, 0.1) is 25.2 Å². The van der Waals surface area contributed by atoms with Crippen LogP contribution in [0.15, 0.2) is 18.2 Å². The Hall–Kier alpha value is -1.84. The Labute approximate surface area is 145 Å². The van der Waals surface area contributed by atoms with Crippen molar-refractivity contribution >= 4 is 17.5 Å². The van der Waals surface area contributed by atoms with E-state index in [0.29, 0.717) is 17.0 Å². The topological polar surface area (TPSA) is 58.2 Å². The van der Waals surface area contributed by atoms with Gasteiger partial charge in [-0.05, 0) is 68.1 Å². The molecular formula is C20H30N2O2. The molecule has 2 rings (SSSR count). The molecule has 1 aromatic carbocycles. The van der Waals surface area contributed by atoms with E-state index in [-0.39, 0.29) is 6.04 Å². The van der Waals surface area contributed by atoms with Gasteiger partial charge in [0.2, 0.25) is 0 Å². The monoisotopic (exact) mass is 330 g/mol. The second-order valence-electron chi connectivity index (χ2n) is 8.16. The van der Waals surface area contributed by atoms with Gasteiger partial charge in [-0.25, -0.2) is 0 Å². The molecule has 4 nitrogen and oxygen atoms in total. The quantitative estimate of drug-likeness (QED) is 0.806. The van der Waals surface area contributed by atoms with Crippen molar-refractivity contribution in [2.24, 2.45) is 11.3 Å². The summed E-state index contributed by atoms with van der Waals surface area (Å²) in [5.74, 6) is -0.425. The number of anilines is 1. The van der Waals surface area contributed by atoms with Crippen LogP contribution in [-0.2, 0) is 9.59 Å². The van der Waals surface area contributed by atoms with Gasteiger partial charge in [0, 0.05) is 11.7 Å². The smallest absolute Gasteiger partial charge is 0.313 e. The second kappa shape index (κ2) is 7.37. The first-order valence-corrected chi connectivity index (χ1v) is 8.86. The zero-order valence-electron chi connectivity index (χ0n) is 15.5. The Bertz CT molecular complexity index is 609. The van der Waals surface area contributed by atoms with Crippen LogP contribution in [0.4, 0.5) is 5.69 Å². The van der Waals surface area contributed by atoms with Gasteiger partial charge in [0.25, 0.3) is 0 Å². The molecule has 1 saturated carbocycles. The predicted octanol–water partition coefficient (Wildman–Crippen LogP) is 3.96. The summed E-state index contributed by atoms with van der Waals surface area (Å²) in [6.45, 7) is 10.7. The third-order valence-electron chi connectivity index (χ3n) is 5.13. The Kier molecular flexibility index (Phi) is 5.68. The summed E-state index contributed by atoms with van der Waals surface area (Å²) < 4.78 is 0. The third-order valence-corrected chi connectivity index (χ3v) is 5.13. The molecule has 4 heteroatoms. The lowest BCUT2D eigenvalue weighted by Crippen LogP contribution is -2.44. The van der Waals surface area contributed by atoms with Crippen LogP contribution < -0.4 is 10.6 Å². The highest BCUT2D eigenvalue weighted by Gasteiger charge is 2.30. The highest BCUT2D eigenvalue weighted by molar-refractivity contribution is 6.39. The second-order valence-corrected chi connectivity index (χ2v) is 8.16. The molecule has 0 saturated heterocycles. The van der Waals surface area contributed by atoms with Gasteiger partial charge >= 0.3 is 11.8 Å². The first-order valence-electron chi connectivity index (χ1n) is 8.86. The number of carbonyl (C=O) groups is 2. The lowest BCUT2D eigenvalue weighted by Gasteiger charge is -2.37. The van der Waals surface area contributed by atoms with Gasteiger partial charge in [0.05, 0.1) is 0 Å². The van der Waals surface area contributed by atoms with Gasteiger partial charge in [0.1, 0.15) is 0 Å². The molecule has 132 valence electrons. The van der Waals surface area contributed by atoms with Gasteiger partial charge in [0.15, 0.2) is 0 Å². The van der Waals surface area contributed by atoms with Gasteiger partial charge in [-0.2, -0.15) is 0 Å². The Balaban J connectivity index is 1.87. The molecule has 0 radical (unpaired) electrons. The van der Waals surface area contributed by atoms with E-state index in [1.807, 2.05) is 32.0 Å². The summed E-state index contributed by atoms with van der Waals surface area (Å²) in [6, 6.07) is 5.92. The van der Waals surface area contributed by atoms with E-state index in [1.165, 1.54) is 0 Å². The van der Waals surface area contributed by atoms with Crippen molar-refractivity contribution in [3.8, 4) is 0 Å². The minimum absolute atomic E-state index is 0.112. The highest BCUT2D eigenvalue weighted by Crippen LogP contribution is 2.37. The normalized spacial score (nSPS) is 21.2. The average Bonchev–Trinajstić information content (AvgIpc) is 2.50. The Morgan fingerprint density at radius 1 is 1.00 bits per heavy atom. The van der Waals surface area contributed by atoms with E-state index in [2.05, 4.69) is 31.4 Å². The van der Waals surface area contributed by atoms with Crippen LogP contribution >= 0.6 is 0 Å². The number of amides is 2. The molecule has 1 aliphatic rings. The zero-order valence-corrected chi connectivity index (χ0v) is 15.5. The van der Waals surface area contributed by atoms with Gasteiger partial charge in [-0.15, -0.1) is 0 Å². The molecule has 24 heavy (non-hydrogen) atoms. The van der Waals surface area contributed by atoms with Crippen LogP contribution in [0.25, 0.3) is 0 Å². The summed E-state index contributed by atoms with van der Waals surface area (Å²) in [5, 5.41) is 5.62. The van der Waals surface area contributed by atoms with Crippen molar-refractivity contribution < 1.29 is 9.59 Å². The molecule has 1 aliphatic carbocycles. The molecule has 0 aliphatic heterocycles. The fourth-order valence-corrected chi connectivity index (χ4v) is 3.40. The van der Waals surface area contributed by atoms with Crippen molar-refractivity contribution in [1.29, 1.82) is 0 Å². The van der Waals surface area contributed by atoms with E-state index in [0.717, 1.165) is 36.8 Å². The maximum atomic E-state index is 12.2. The van der Waals surface area contributed by atoms with E-state index < -0.39 is 11.8 Å². The molecule has 0 spiro atoms. The molecule has 0 heterocycles. The molecule has 0 aromatic heterocycles. The molecule has 1 aromatic rings. The number of nitrogens with one attached hydrogen (secondary N) is 2. The van der Waals surface area contributed by atoms with Crippen LogP contribution in [0.5, 0.6) is 0 Å². The average molecular weight is 330 g/mol. The van der Waals surface area contributed by atoms with Gasteiger partial charge in [-0.1, -0.05) is 32.9 Å². The molecule has 0 bridgehead atoms. The molecule has 0 atom stereocenters. The molecule has 0 unspecified atom stereocenters. The van der Waals surface area contributed by atoms with Crippen molar-refractivity contribution in [1.82, 2.24) is 5.32 Å². The Morgan fingerprint density at radius 3 is 2.21 bits per heavy atom. The van der Waals surface area contributed by atoms with E-state index in [4.69, 9.17) is 0 Å². The fourth-order valence-electron chi connectivity index (χ4n) is 3.40. The van der Waals surface area contributed by atoms with Gasteiger partial charge in [-0.3, -0.25) is 9.59 Å². The number of benzene rings is 1. The van der Waals surface area contributed by atoms with E-state index in [1.54, 1.807) is 0 Å². The van der Waals surface area contributed by atoms with Crippen molar-refractivity contribution in [3.05, 3.63) is 29.3 Å². The number of carbonyl (C=O) groups excluding carboxylic acids is 2.